The molecule has 2 rings (SSSR count). The highest BCUT2D eigenvalue weighted by molar-refractivity contribution is 5.79. The van der Waals surface area contributed by atoms with E-state index in [-0.39, 0.29) is 0 Å². The average molecular weight is 228 g/mol. The van der Waals surface area contributed by atoms with Gasteiger partial charge in [0, 0.05) is 17.3 Å². The maximum Gasteiger partial charge on any atom is 0.222 e. The minimum Gasteiger partial charge on any atom is -0.439 e. The van der Waals surface area contributed by atoms with Gasteiger partial charge in [-0.15, -0.1) is 0 Å². The molecule has 0 spiro atoms. The molecule has 17 heavy (non-hydrogen) atoms. The number of aromatic nitrogens is 1. The molecule has 1 N–H and O–H groups in total. The number of hydrogen-bond donors (Lipinski definition) is 1. The van der Waals surface area contributed by atoms with Gasteiger partial charge in [0.05, 0.1) is 6.21 Å². The summed E-state index contributed by atoms with van der Waals surface area (Å²) in [5, 5.41) is 11.4. The van der Waals surface area contributed by atoms with E-state index in [9.17, 15) is 0 Å². The lowest BCUT2D eigenvalue weighted by Crippen LogP contribution is -1.93. The molecular weight excluding hydrogens is 216 g/mol. The van der Waals surface area contributed by atoms with Crippen molar-refractivity contribution in [1.29, 1.82) is 0 Å². The molecule has 0 aliphatic heterocycles. The molecule has 4 heteroatoms. The summed E-state index contributed by atoms with van der Waals surface area (Å²) < 4.78 is 5.62. The minimum absolute atomic E-state index is 0.547. The van der Waals surface area contributed by atoms with E-state index in [0.29, 0.717) is 5.88 Å². The van der Waals surface area contributed by atoms with Crippen LogP contribution in [-0.2, 0) is 0 Å². The van der Waals surface area contributed by atoms with Gasteiger partial charge in [0.15, 0.2) is 0 Å². The molecule has 0 unspecified atom stereocenters. The summed E-state index contributed by atoms with van der Waals surface area (Å²) in [7, 11) is 0. The number of oxime groups is 1. The van der Waals surface area contributed by atoms with Crippen molar-refractivity contribution < 1.29 is 9.94 Å². The summed E-state index contributed by atoms with van der Waals surface area (Å²) in [4.78, 5) is 4.17. The van der Waals surface area contributed by atoms with Crippen molar-refractivity contribution in [3.05, 3.63) is 53.7 Å². The Hall–Kier alpha value is -2.36. The van der Waals surface area contributed by atoms with Gasteiger partial charge >= 0.3 is 0 Å². The van der Waals surface area contributed by atoms with E-state index >= 15 is 0 Å². The Morgan fingerprint density at radius 1 is 1.29 bits per heavy atom. The van der Waals surface area contributed by atoms with E-state index in [0.717, 1.165) is 16.9 Å². The van der Waals surface area contributed by atoms with Crippen molar-refractivity contribution in [3.8, 4) is 11.6 Å². The molecule has 86 valence electrons. The van der Waals surface area contributed by atoms with Crippen LogP contribution in [0.1, 0.15) is 11.1 Å². The van der Waals surface area contributed by atoms with E-state index in [2.05, 4.69) is 10.1 Å². The van der Waals surface area contributed by atoms with Gasteiger partial charge in [0.2, 0.25) is 5.88 Å². The second-order valence-corrected chi connectivity index (χ2v) is 3.55. The Balaban J connectivity index is 2.23. The third-order valence-corrected chi connectivity index (χ3v) is 2.22. The number of aryl methyl sites for hydroxylation is 1. The highest BCUT2D eigenvalue weighted by Gasteiger charge is 2.03. The van der Waals surface area contributed by atoms with Gasteiger partial charge < -0.3 is 9.94 Å². The molecule has 0 atom stereocenters. The fourth-order valence-corrected chi connectivity index (χ4v) is 1.43. The van der Waals surface area contributed by atoms with Crippen LogP contribution >= 0.6 is 0 Å². The van der Waals surface area contributed by atoms with E-state index in [4.69, 9.17) is 9.94 Å². The molecule has 0 bridgehead atoms. The lowest BCUT2D eigenvalue weighted by atomic mass is 10.2. The number of hydrogen-bond acceptors (Lipinski definition) is 4. The number of pyridine rings is 1. The van der Waals surface area contributed by atoms with Crippen molar-refractivity contribution in [1.82, 2.24) is 4.98 Å². The van der Waals surface area contributed by atoms with E-state index in [1.807, 2.05) is 43.3 Å². The molecule has 0 saturated heterocycles. The highest BCUT2D eigenvalue weighted by atomic mass is 16.5. The Morgan fingerprint density at radius 3 is 2.71 bits per heavy atom. The van der Waals surface area contributed by atoms with Gasteiger partial charge in [-0.3, -0.25) is 0 Å². The zero-order chi connectivity index (χ0) is 12.1. The first-order chi connectivity index (χ1) is 8.29. The largest absolute Gasteiger partial charge is 0.439 e. The SMILES string of the molecule is Cc1cc(/C=N\O)cnc1Oc1ccccc1. The van der Waals surface area contributed by atoms with E-state index in [1.54, 1.807) is 6.20 Å². The van der Waals surface area contributed by atoms with Crippen LogP contribution in [0.15, 0.2) is 47.8 Å². The maximum absolute atomic E-state index is 8.43. The normalized spacial score (nSPS) is 10.6. The lowest BCUT2D eigenvalue weighted by molar-refractivity contribution is 0.322. The van der Waals surface area contributed by atoms with Crippen LogP contribution in [0.2, 0.25) is 0 Å². The number of rotatable bonds is 3. The fraction of sp³-hybridized carbons (Fsp3) is 0.0769. The van der Waals surface area contributed by atoms with E-state index in [1.165, 1.54) is 6.21 Å². The van der Waals surface area contributed by atoms with Crippen molar-refractivity contribution in [3.63, 3.8) is 0 Å². The zero-order valence-electron chi connectivity index (χ0n) is 9.37. The van der Waals surface area contributed by atoms with Gasteiger partial charge in [-0.1, -0.05) is 23.4 Å². The first-order valence-corrected chi connectivity index (χ1v) is 5.16. The van der Waals surface area contributed by atoms with Crippen molar-refractivity contribution >= 4 is 6.21 Å². The zero-order valence-corrected chi connectivity index (χ0v) is 9.37. The van der Waals surface area contributed by atoms with Gasteiger partial charge in [-0.25, -0.2) is 4.98 Å². The monoisotopic (exact) mass is 228 g/mol. The molecule has 4 nitrogen and oxygen atoms in total. The standard InChI is InChI=1S/C13H12N2O2/c1-10-7-11(9-15-16)8-14-13(10)17-12-5-3-2-4-6-12/h2-9,16H,1H3/b15-9-. The number of para-hydroxylation sites is 1. The summed E-state index contributed by atoms with van der Waals surface area (Å²) in [6.07, 6.45) is 2.91. The molecule has 0 aliphatic carbocycles. The van der Waals surface area contributed by atoms with Gasteiger partial charge in [0.1, 0.15) is 5.75 Å². The predicted octanol–water partition coefficient (Wildman–Crippen LogP) is 2.99. The van der Waals surface area contributed by atoms with Crippen LogP contribution in [0, 0.1) is 6.92 Å². The van der Waals surface area contributed by atoms with Crippen molar-refractivity contribution in [2.75, 3.05) is 0 Å². The van der Waals surface area contributed by atoms with Crippen LogP contribution < -0.4 is 4.74 Å². The lowest BCUT2D eigenvalue weighted by Gasteiger charge is -2.07. The van der Waals surface area contributed by atoms with Crippen LogP contribution in [-0.4, -0.2) is 16.4 Å². The fourth-order valence-electron chi connectivity index (χ4n) is 1.43. The first kappa shape index (κ1) is 11.1. The maximum atomic E-state index is 8.43. The molecule has 0 fully saturated rings. The second-order valence-electron chi connectivity index (χ2n) is 3.55. The Morgan fingerprint density at radius 2 is 2.06 bits per heavy atom. The van der Waals surface area contributed by atoms with Crippen molar-refractivity contribution in [2.24, 2.45) is 5.16 Å². The molecule has 0 radical (unpaired) electrons. The quantitative estimate of drug-likeness (QED) is 0.499. The Kier molecular flexibility index (Phi) is 3.35. The summed E-state index contributed by atoms with van der Waals surface area (Å²) in [6, 6.07) is 11.3. The molecule has 1 aromatic carbocycles. The number of nitrogens with zero attached hydrogens (tertiary/aromatic N) is 2. The molecule has 2 aromatic rings. The molecular formula is C13H12N2O2. The van der Waals surface area contributed by atoms with Crippen LogP contribution in [0.5, 0.6) is 11.6 Å². The number of ether oxygens (including phenoxy) is 1. The minimum atomic E-state index is 0.547. The topological polar surface area (TPSA) is 54.7 Å². The smallest absolute Gasteiger partial charge is 0.222 e. The summed E-state index contributed by atoms with van der Waals surface area (Å²) in [6.45, 7) is 1.89. The van der Waals surface area contributed by atoms with Gasteiger partial charge in [0.25, 0.3) is 0 Å². The summed E-state index contributed by atoms with van der Waals surface area (Å²) >= 11 is 0. The summed E-state index contributed by atoms with van der Waals surface area (Å²) in [5.74, 6) is 1.29. The van der Waals surface area contributed by atoms with Crippen LogP contribution in [0.3, 0.4) is 0 Å². The first-order valence-electron chi connectivity index (χ1n) is 5.16. The van der Waals surface area contributed by atoms with Crippen molar-refractivity contribution in [2.45, 2.75) is 6.92 Å². The van der Waals surface area contributed by atoms with Gasteiger partial charge in [-0.2, -0.15) is 0 Å². The van der Waals surface area contributed by atoms with Gasteiger partial charge in [-0.05, 0) is 25.1 Å². The molecule has 0 amide bonds. The molecule has 1 heterocycles. The average Bonchev–Trinajstić information content (AvgIpc) is 2.34. The predicted molar refractivity (Wildman–Crippen MR) is 64.9 cm³/mol. The molecule has 1 aromatic heterocycles. The summed E-state index contributed by atoms with van der Waals surface area (Å²) in [5.41, 5.74) is 1.61. The van der Waals surface area contributed by atoms with Crippen LogP contribution in [0.4, 0.5) is 0 Å². The Bertz CT molecular complexity index is 524. The third kappa shape index (κ3) is 2.81. The Labute approximate surface area is 99.2 Å². The third-order valence-electron chi connectivity index (χ3n) is 2.22. The molecule has 0 aliphatic rings. The van der Waals surface area contributed by atoms with E-state index < -0.39 is 0 Å². The molecule has 0 saturated carbocycles. The van der Waals surface area contributed by atoms with Crippen LogP contribution in [0.25, 0.3) is 0 Å². The second kappa shape index (κ2) is 5.12. The number of benzene rings is 1. The highest BCUT2D eigenvalue weighted by Crippen LogP contribution is 2.22.